The van der Waals surface area contributed by atoms with E-state index in [9.17, 15) is 23.5 Å². The number of rotatable bonds is 3. The van der Waals surface area contributed by atoms with Gasteiger partial charge < -0.3 is 20.2 Å². The number of halogens is 2. The molecule has 188 valence electrons. The Kier molecular flexibility index (Phi) is 6.92. The monoisotopic (exact) mass is 493 g/mol. The van der Waals surface area contributed by atoms with E-state index in [1.807, 2.05) is 24.3 Å². The average molecular weight is 494 g/mol. The average Bonchev–Trinajstić information content (AvgIpc) is 2.87. The molecular weight excluding hydrogens is 464 g/mol. The fourth-order valence-electron chi connectivity index (χ4n) is 5.66. The number of carbonyl (C=O) groups excluding carboxylic acids is 2. The van der Waals surface area contributed by atoms with E-state index in [-0.39, 0.29) is 49.3 Å². The number of aliphatic hydroxyl groups excluding tert-OH is 1. The van der Waals surface area contributed by atoms with E-state index in [4.69, 9.17) is 0 Å². The van der Waals surface area contributed by atoms with Gasteiger partial charge in [0, 0.05) is 30.0 Å². The molecule has 3 atom stereocenters. The molecule has 1 saturated carbocycles. The number of nitrogens with zero attached hydrogens (tertiary/aromatic N) is 2. The first-order chi connectivity index (χ1) is 17.4. The molecule has 2 aromatic rings. The highest BCUT2D eigenvalue weighted by atomic mass is 19.1. The van der Waals surface area contributed by atoms with E-state index >= 15 is 0 Å². The fourth-order valence-corrected chi connectivity index (χ4v) is 5.66. The molecular formula is C28H29F2N3O3. The Hall–Kier alpha value is -3.44. The van der Waals surface area contributed by atoms with E-state index in [0.717, 1.165) is 42.2 Å². The van der Waals surface area contributed by atoms with E-state index in [0.29, 0.717) is 5.92 Å². The van der Waals surface area contributed by atoms with Gasteiger partial charge in [-0.3, -0.25) is 4.79 Å². The van der Waals surface area contributed by atoms with E-state index in [1.165, 1.54) is 24.2 Å². The number of urea groups is 1. The molecule has 2 aromatic carbocycles. The lowest BCUT2D eigenvalue weighted by atomic mass is 9.73. The summed E-state index contributed by atoms with van der Waals surface area (Å²) in [6.07, 6.45) is 6.10. The minimum atomic E-state index is -0.761. The number of hydrogen-bond acceptors (Lipinski definition) is 3. The van der Waals surface area contributed by atoms with Crippen molar-refractivity contribution in [2.24, 2.45) is 5.92 Å². The number of hydrogen-bond donors (Lipinski definition) is 2. The Labute approximate surface area is 209 Å². The highest BCUT2D eigenvalue weighted by molar-refractivity contribution is 5.94. The second-order valence-electron chi connectivity index (χ2n) is 9.81. The molecule has 8 heteroatoms. The van der Waals surface area contributed by atoms with Crippen LogP contribution in [0, 0.1) is 29.4 Å². The number of aliphatic hydroxyl groups is 1. The van der Waals surface area contributed by atoms with Crippen molar-refractivity contribution >= 4 is 17.6 Å². The van der Waals surface area contributed by atoms with Gasteiger partial charge in [-0.2, -0.15) is 0 Å². The minimum absolute atomic E-state index is 0.152. The van der Waals surface area contributed by atoms with Gasteiger partial charge in [-0.05, 0) is 42.7 Å². The molecule has 0 radical (unpaired) electrons. The Bertz CT molecular complexity index is 1200. The van der Waals surface area contributed by atoms with Gasteiger partial charge in [0.2, 0.25) is 5.91 Å². The minimum Gasteiger partial charge on any atom is -0.394 e. The topological polar surface area (TPSA) is 72.9 Å². The lowest BCUT2D eigenvalue weighted by molar-refractivity contribution is -0.159. The number of benzene rings is 2. The normalized spacial score (nSPS) is 23.9. The van der Waals surface area contributed by atoms with Gasteiger partial charge in [0.1, 0.15) is 18.2 Å². The summed E-state index contributed by atoms with van der Waals surface area (Å²) < 4.78 is 27.5. The zero-order valence-electron chi connectivity index (χ0n) is 19.9. The summed E-state index contributed by atoms with van der Waals surface area (Å²) in [5.41, 5.74) is 1.61. The first-order valence-electron chi connectivity index (χ1n) is 12.5. The molecule has 36 heavy (non-hydrogen) atoms. The molecule has 2 aliphatic heterocycles. The van der Waals surface area contributed by atoms with Crippen LogP contribution in [0.1, 0.15) is 49.1 Å². The SMILES string of the molecule is O=C(Nc1cc(F)ccc1F)N1CC(=O)N2[C@H](CO)[C@@H](c3ccc(C#CC4CCCCC4)cc3)[C@@H]2C1. The van der Waals surface area contributed by atoms with Crippen molar-refractivity contribution in [3.8, 4) is 11.8 Å². The van der Waals surface area contributed by atoms with E-state index < -0.39 is 17.7 Å². The molecule has 5 rings (SSSR count). The van der Waals surface area contributed by atoms with Crippen LogP contribution in [-0.2, 0) is 4.79 Å². The predicted molar refractivity (Wildman–Crippen MR) is 131 cm³/mol. The molecule has 0 spiro atoms. The first-order valence-corrected chi connectivity index (χ1v) is 12.5. The third kappa shape index (κ3) is 4.80. The van der Waals surface area contributed by atoms with Crippen LogP contribution in [0.4, 0.5) is 19.3 Å². The van der Waals surface area contributed by atoms with Gasteiger partial charge in [-0.1, -0.05) is 43.2 Å². The quantitative estimate of drug-likeness (QED) is 0.633. The van der Waals surface area contributed by atoms with Crippen LogP contribution in [0.5, 0.6) is 0 Å². The third-order valence-corrected chi connectivity index (χ3v) is 7.53. The third-order valence-electron chi connectivity index (χ3n) is 7.53. The summed E-state index contributed by atoms with van der Waals surface area (Å²) in [5, 5.41) is 12.4. The largest absolute Gasteiger partial charge is 0.394 e. The molecule has 2 N–H and O–H groups in total. The van der Waals surface area contributed by atoms with Gasteiger partial charge in [-0.25, -0.2) is 13.6 Å². The van der Waals surface area contributed by atoms with Crippen LogP contribution in [0.15, 0.2) is 42.5 Å². The van der Waals surface area contributed by atoms with Crippen molar-refractivity contribution in [2.45, 2.75) is 50.1 Å². The number of carbonyl (C=O) groups is 2. The summed E-state index contributed by atoms with van der Waals surface area (Å²) in [5.74, 6) is 5.25. The van der Waals surface area contributed by atoms with Crippen molar-refractivity contribution in [2.75, 3.05) is 25.0 Å². The molecule has 3 aliphatic rings. The van der Waals surface area contributed by atoms with Crippen molar-refractivity contribution in [3.05, 3.63) is 65.2 Å². The number of fused-ring (bicyclic) bond motifs is 1. The molecule has 0 unspecified atom stereocenters. The van der Waals surface area contributed by atoms with Gasteiger partial charge in [0.05, 0.1) is 24.4 Å². The van der Waals surface area contributed by atoms with Crippen LogP contribution in [0.2, 0.25) is 0 Å². The van der Waals surface area contributed by atoms with Gasteiger partial charge in [-0.15, -0.1) is 0 Å². The summed E-state index contributed by atoms with van der Waals surface area (Å²) in [4.78, 5) is 28.5. The molecule has 0 aromatic heterocycles. The molecule has 3 amide bonds. The number of amides is 3. The summed E-state index contributed by atoms with van der Waals surface area (Å²) >= 11 is 0. The van der Waals surface area contributed by atoms with Crippen molar-refractivity contribution in [1.29, 1.82) is 0 Å². The Morgan fingerprint density at radius 3 is 2.56 bits per heavy atom. The second-order valence-corrected chi connectivity index (χ2v) is 9.81. The van der Waals surface area contributed by atoms with Crippen molar-refractivity contribution in [1.82, 2.24) is 9.80 Å². The maximum Gasteiger partial charge on any atom is 0.322 e. The van der Waals surface area contributed by atoms with E-state index in [2.05, 4.69) is 17.2 Å². The summed E-state index contributed by atoms with van der Waals surface area (Å²) in [7, 11) is 0. The Morgan fingerprint density at radius 2 is 1.83 bits per heavy atom. The standard InChI is InChI=1S/C28H29F2N3O3/c29-21-12-13-22(30)23(14-21)31-28(36)32-15-24-27(25(17-34)33(24)26(35)16-32)20-10-8-19(9-11-20)7-6-18-4-2-1-3-5-18/h8-14,18,24-25,27,34H,1-5,15-17H2,(H,31,36)/t24-,25+,27-/m0/s1. The van der Waals surface area contributed by atoms with Gasteiger partial charge >= 0.3 is 6.03 Å². The van der Waals surface area contributed by atoms with Gasteiger partial charge in [0.15, 0.2) is 0 Å². The molecule has 2 heterocycles. The van der Waals surface area contributed by atoms with Crippen molar-refractivity contribution in [3.63, 3.8) is 0 Å². The zero-order valence-corrected chi connectivity index (χ0v) is 19.9. The molecule has 2 saturated heterocycles. The fraction of sp³-hybridized carbons (Fsp3) is 0.429. The predicted octanol–water partition coefficient (Wildman–Crippen LogP) is 4.10. The lowest BCUT2D eigenvalue weighted by Crippen LogP contribution is -2.73. The summed E-state index contributed by atoms with van der Waals surface area (Å²) in [6, 6.07) is 9.32. The van der Waals surface area contributed by atoms with Crippen LogP contribution in [-0.4, -0.2) is 58.6 Å². The highest BCUT2D eigenvalue weighted by Gasteiger charge is 2.54. The van der Waals surface area contributed by atoms with Crippen LogP contribution < -0.4 is 5.32 Å². The van der Waals surface area contributed by atoms with Crippen LogP contribution in [0.25, 0.3) is 0 Å². The lowest BCUT2D eigenvalue weighted by Gasteiger charge is -2.58. The highest BCUT2D eigenvalue weighted by Crippen LogP contribution is 2.43. The maximum absolute atomic E-state index is 14.0. The number of nitrogens with one attached hydrogen (secondary N) is 1. The van der Waals surface area contributed by atoms with Gasteiger partial charge in [0.25, 0.3) is 0 Å². The molecule has 6 nitrogen and oxygen atoms in total. The molecule has 0 bridgehead atoms. The maximum atomic E-state index is 14.0. The Balaban J connectivity index is 1.29. The zero-order chi connectivity index (χ0) is 25.2. The first kappa shape index (κ1) is 24.3. The van der Waals surface area contributed by atoms with Crippen LogP contribution in [0.3, 0.4) is 0 Å². The smallest absolute Gasteiger partial charge is 0.322 e. The van der Waals surface area contributed by atoms with Crippen LogP contribution >= 0.6 is 0 Å². The summed E-state index contributed by atoms with van der Waals surface area (Å²) in [6.45, 7) is -0.159. The van der Waals surface area contributed by atoms with Crippen molar-refractivity contribution < 1.29 is 23.5 Å². The Morgan fingerprint density at radius 1 is 1.08 bits per heavy atom. The second kappa shape index (κ2) is 10.3. The number of anilines is 1. The molecule has 1 aliphatic carbocycles. The number of piperazine rings is 1. The molecule has 3 fully saturated rings. The van der Waals surface area contributed by atoms with E-state index in [1.54, 1.807) is 4.90 Å².